The number of piperazine rings is 1. The number of hydrogen-bond acceptors (Lipinski definition) is 5. The number of benzene rings is 2. The summed E-state index contributed by atoms with van der Waals surface area (Å²) in [5, 5.41) is 8.02. The molecule has 2 aromatic carbocycles. The summed E-state index contributed by atoms with van der Waals surface area (Å²) in [7, 11) is 2.15. The van der Waals surface area contributed by atoms with Gasteiger partial charge in [0.15, 0.2) is 5.78 Å². The Labute approximate surface area is 210 Å². The average Bonchev–Trinajstić information content (AvgIpc) is 2.85. The molecule has 2 fully saturated rings. The number of fused-ring (bicyclic) bond motifs is 1. The van der Waals surface area contributed by atoms with Gasteiger partial charge in [0, 0.05) is 43.8 Å². The van der Waals surface area contributed by atoms with Gasteiger partial charge in [0.25, 0.3) is 0 Å². The third kappa shape index (κ3) is 6.68. The van der Waals surface area contributed by atoms with Crippen LogP contribution in [0, 0.1) is 13.8 Å². The van der Waals surface area contributed by atoms with Gasteiger partial charge in [-0.25, -0.2) is 0 Å². The zero-order valence-electron chi connectivity index (χ0n) is 21.8. The molecular weight excluding hydrogens is 432 g/mol. The number of hydrogen-bond donors (Lipinski definition) is 2. The molecule has 0 unspecified atom stereocenters. The molecule has 2 heterocycles. The molecule has 0 amide bonds. The Morgan fingerprint density at radius 3 is 2.26 bits per heavy atom. The number of Topliss-reactive ketones (excluding diaryl/α,β-unsaturated/α-hetero) is 1. The minimum atomic E-state index is 0.0597. The van der Waals surface area contributed by atoms with Crippen molar-refractivity contribution in [1.29, 1.82) is 0 Å². The fourth-order valence-corrected chi connectivity index (χ4v) is 5.16. The van der Waals surface area contributed by atoms with E-state index in [1.165, 1.54) is 49.0 Å². The largest absolute Gasteiger partial charge is 0.381 e. The molecule has 0 radical (unpaired) electrons. The second-order valence-corrected chi connectivity index (χ2v) is 10.2. The topological polar surface area (TPSA) is 57.3 Å². The van der Waals surface area contributed by atoms with Gasteiger partial charge in [-0.2, -0.15) is 0 Å². The van der Waals surface area contributed by atoms with Crippen molar-refractivity contribution in [1.82, 2.24) is 15.2 Å². The zero-order valence-corrected chi connectivity index (χ0v) is 21.8. The lowest BCUT2D eigenvalue weighted by Gasteiger charge is -2.25. The lowest BCUT2D eigenvalue weighted by Crippen LogP contribution is -2.40. The summed E-state index contributed by atoms with van der Waals surface area (Å²) in [5.41, 5.74) is 7.45. The number of likely N-dealkylation sites (N-methyl/N-ethyl adjacent to an activating group) is 1. The van der Waals surface area contributed by atoms with Crippen LogP contribution in [0.3, 0.4) is 0 Å². The van der Waals surface area contributed by atoms with Crippen LogP contribution < -0.4 is 10.6 Å². The second-order valence-electron chi connectivity index (χ2n) is 10.2. The predicted molar refractivity (Wildman–Crippen MR) is 148 cm³/mol. The van der Waals surface area contributed by atoms with Crippen LogP contribution in [0.1, 0.15) is 60.5 Å². The van der Waals surface area contributed by atoms with E-state index in [0.717, 1.165) is 48.1 Å². The molecule has 1 aromatic heterocycles. The Morgan fingerprint density at radius 2 is 1.66 bits per heavy atom. The summed E-state index contributed by atoms with van der Waals surface area (Å²) in [4.78, 5) is 19.2. The minimum Gasteiger partial charge on any atom is -0.381 e. The van der Waals surface area contributed by atoms with Gasteiger partial charge < -0.3 is 15.5 Å². The van der Waals surface area contributed by atoms with Gasteiger partial charge in [-0.3, -0.25) is 9.78 Å². The SMILES string of the molecule is CC(=O)c1cnc2ccc(-c3cc(C)cc(C)c3)cc2c1NC1CCCCC1.CN1CCNCC1. The molecule has 186 valence electrons. The predicted octanol–water partition coefficient (Wildman–Crippen LogP) is 5.99. The molecule has 3 aromatic rings. The van der Waals surface area contributed by atoms with E-state index in [2.05, 4.69) is 77.8 Å². The summed E-state index contributed by atoms with van der Waals surface area (Å²) < 4.78 is 0. The van der Waals surface area contributed by atoms with E-state index >= 15 is 0 Å². The molecule has 0 spiro atoms. The summed E-state index contributed by atoms with van der Waals surface area (Å²) in [5.74, 6) is 0.0597. The van der Waals surface area contributed by atoms with Gasteiger partial charge in [-0.05, 0) is 63.9 Å². The zero-order chi connectivity index (χ0) is 24.8. The minimum absolute atomic E-state index is 0.0597. The lowest BCUT2D eigenvalue weighted by atomic mass is 9.94. The first-order valence-electron chi connectivity index (χ1n) is 13.1. The molecule has 1 aliphatic heterocycles. The Morgan fingerprint density at radius 1 is 0.971 bits per heavy atom. The molecule has 5 rings (SSSR count). The third-order valence-electron chi connectivity index (χ3n) is 7.10. The normalized spacial score (nSPS) is 17.0. The van der Waals surface area contributed by atoms with Crippen molar-refractivity contribution in [3.63, 3.8) is 0 Å². The standard InChI is InChI=1S/C25H28N2O.C5H12N2/c1-16-11-17(2)13-20(12-16)19-9-10-24-22(14-19)25(23(15-26-24)18(3)28)27-21-7-5-4-6-8-21;1-7-4-2-6-3-5-7/h9-15,21H,4-8H2,1-3H3,(H,26,27);6H,2-5H2,1H3. The van der Waals surface area contributed by atoms with Crippen LogP contribution in [-0.2, 0) is 0 Å². The second kappa shape index (κ2) is 11.8. The number of nitrogens with zero attached hydrogens (tertiary/aromatic N) is 2. The first-order valence-corrected chi connectivity index (χ1v) is 13.1. The third-order valence-corrected chi connectivity index (χ3v) is 7.10. The Kier molecular flexibility index (Phi) is 8.53. The Balaban J connectivity index is 0.000000356. The summed E-state index contributed by atoms with van der Waals surface area (Å²) in [6.45, 7) is 10.6. The quantitative estimate of drug-likeness (QED) is 0.457. The van der Waals surface area contributed by atoms with Gasteiger partial charge in [-0.15, -0.1) is 0 Å². The summed E-state index contributed by atoms with van der Waals surface area (Å²) >= 11 is 0. The van der Waals surface area contributed by atoms with Gasteiger partial charge in [0.2, 0.25) is 0 Å². The molecule has 1 aliphatic carbocycles. The van der Waals surface area contributed by atoms with Gasteiger partial charge >= 0.3 is 0 Å². The number of carbonyl (C=O) groups is 1. The van der Waals surface area contributed by atoms with Crippen LogP contribution in [0.15, 0.2) is 42.6 Å². The van der Waals surface area contributed by atoms with Crippen molar-refractivity contribution in [3.8, 4) is 11.1 Å². The number of aromatic nitrogens is 1. The summed E-state index contributed by atoms with van der Waals surface area (Å²) in [6.07, 6.45) is 7.88. The number of ketones is 1. The van der Waals surface area contributed by atoms with Crippen LogP contribution in [0.4, 0.5) is 5.69 Å². The highest BCUT2D eigenvalue weighted by Crippen LogP contribution is 2.33. The van der Waals surface area contributed by atoms with E-state index in [1.807, 2.05) is 0 Å². The number of aryl methyl sites for hydroxylation is 2. The first kappa shape index (κ1) is 25.3. The van der Waals surface area contributed by atoms with Crippen LogP contribution >= 0.6 is 0 Å². The maximum atomic E-state index is 12.3. The molecule has 0 bridgehead atoms. The lowest BCUT2D eigenvalue weighted by molar-refractivity contribution is 0.101. The Hall–Kier alpha value is -2.76. The molecule has 2 N–H and O–H groups in total. The fraction of sp³-hybridized carbons (Fsp3) is 0.467. The van der Waals surface area contributed by atoms with Crippen molar-refractivity contribution in [2.45, 2.75) is 58.9 Å². The van der Waals surface area contributed by atoms with E-state index in [0.29, 0.717) is 11.6 Å². The fourth-order valence-electron chi connectivity index (χ4n) is 5.16. The van der Waals surface area contributed by atoms with Gasteiger partial charge in [0.05, 0.1) is 16.8 Å². The van der Waals surface area contributed by atoms with E-state index in [1.54, 1.807) is 13.1 Å². The van der Waals surface area contributed by atoms with Crippen LogP contribution in [0.2, 0.25) is 0 Å². The number of nitrogens with one attached hydrogen (secondary N) is 2. The number of carbonyl (C=O) groups excluding carboxylic acids is 1. The van der Waals surface area contributed by atoms with Crippen molar-refractivity contribution >= 4 is 22.4 Å². The van der Waals surface area contributed by atoms with E-state index in [-0.39, 0.29) is 5.78 Å². The summed E-state index contributed by atoms with van der Waals surface area (Å²) in [6, 6.07) is 13.4. The maximum absolute atomic E-state index is 12.3. The smallest absolute Gasteiger partial charge is 0.163 e. The van der Waals surface area contributed by atoms with Gasteiger partial charge in [-0.1, -0.05) is 54.7 Å². The van der Waals surface area contributed by atoms with Crippen LogP contribution in [0.25, 0.3) is 22.0 Å². The molecule has 1 saturated carbocycles. The molecule has 5 heteroatoms. The molecule has 1 saturated heterocycles. The monoisotopic (exact) mass is 472 g/mol. The highest BCUT2D eigenvalue weighted by atomic mass is 16.1. The number of pyridine rings is 1. The van der Waals surface area contributed by atoms with E-state index < -0.39 is 0 Å². The average molecular weight is 473 g/mol. The molecule has 5 nitrogen and oxygen atoms in total. The van der Waals surface area contributed by atoms with Crippen molar-refractivity contribution in [2.24, 2.45) is 0 Å². The van der Waals surface area contributed by atoms with Crippen molar-refractivity contribution in [2.75, 3.05) is 38.5 Å². The number of anilines is 1. The Bertz CT molecular complexity index is 1140. The van der Waals surface area contributed by atoms with Crippen LogP contribution in [-0.4, -0.2) is 54.9 Å². The number of rotatable bonds is 4. The van der Waals surface area contributed by atoms with E-state index in [4.69, 9.17) is 0 Å². The highest BCUT2D eigenvalue weighted by Gasteiger charge is 2.19. The van der Waals surface area contributed by atoms with Crippen molar-refractivity contribution < 1.29 is 4.79 Å². The maximum Gasteiger partial charge on any atom is 0.163 e. The molecule has 35 heavy (non-hydrogen) atoms. The molecule has 2 aliphatic rings. The highest BCUT2D eigenvalue weighted by molar-refractivity contribution is 6.07. The van der Waals surface area contributed by atoms with Crippen molar-refractivity contribution in [3.05, 3.63) is 59.3 Å². The van der Waals surface area contributed by atoms with Gasteiger partial charge in [0.1, 0.15) is 0 Å². The first-order chi connectivity index (χ1) is 16.9. The molecular formula is C30H40N4O. The van der Waals surface area contributed by atoms with E-state index in [9.17, 15) is 4.79 Å². The molecule has 0 atom stereocenters. The van der Waals surface area contributed by atoms with Crippen LogP contribution in [0.5, 0.6) is 0 Å².